The number of hydrogen-bond acceptors (Lipinski definition) is 4. The molecule has 118 valence electrons. The van der Waals surface area contributed by atoms with Crippen molar-refractivity contribution in [2.45, 2.75) is 13.0 Å². The van der Waals surface area contributed by atoms with Crippen LogP contribution in [-0.4, -0.2) is 30.6 Å². The molecule has 2 N–H and O–H groups in total. The Morgan fingerprint density at radius 1 is 1.36 bits per heavy atom. The molecule has 1 aliphatic heterocycles. The molecule has 1 aliphatic rings. The number of urea groups is 1. The van der Waals surface area contributed by atoms with Gasteiger partial charge in [0.05, 0.1) is 11.6 Å². The largest absolute Gasteiger partial charge is 0.461 e. The van der Waals surface area contributed by atoms with Crippen LogP contribution in [0.4, 0.5) is 9.18 Å². The third kappa shape index (κ3) is 3.79. The van der Waals surface area contributed by atoms with Gasteiger partial charge in [-0.25, -0.2) is 14.0 Å². The predicted octanol–water partition coefficient (Wildman–Crippen LogP) is 2.36. The van der Waals surface area contributed by atoms with Crippen molar-refractivity contribution < 1.29 is 18.7 Å². The van der Waals surface area contributed by atoms with Crippen molar-refractivity contribution >= 4 is 23.8 Å². The molecule has 0 radical (unpaired) electrons. The molecule has 0 aromatic heterocycles. The number of hydrogen-bond donors (Lipinski definition) is 2. The average molecular weight is 324 g/mol. The number of halogens is 1. The summed E-state index contributed by atoms with van der Waals surface area (Å²) in [6.45, 7) is 1.93. The molecule has 1 heterocycles. The second-order valence-electron chi connectivity index (χ2n) is 4.75. The van der Waals surface area contributed by atoms with Crippen LogP contribution in [0.2, 0.25) is 0 Å². The van der Waals surface area contributed by atoms with Crippen LogP contribution >= 0.6 is 11.8 Å². The molecule has 2 rings (SSSR count). The van der Waals surface area contributed by atoms with Crippen molar-refractivity contribution in [3.8, 4) is 0 Å². The van der Waals surface area contributed by atoms with E-state index in [2.05, 4.69) is 10.6 Å². The molecule has 0 saturated heterocycles. The number of benzene rings is 1. The van der Waals surface area contributed by atoms with Crippen LogP contribution < -0.4 is 10.6 Å². The fourth-order valence-electron chi connectivity index (χ4n) is 2.17. The average Bonchev–Trinajstić information content (AvgIpc) is 2.47. The summed E-state index contributed by atoms with van der Waals surface area (Å²) in [7, 11) is 0. The molecule has 22 heavy (non-hydrogen) atoms. The van der Waals surface area contributed by atoms with Gasteiger partial charge >= 0.3 is 12.0 Å². The summed E-state index contributed by atoms with van der Waals surface area (Å²) < 4.78 is 18.3. The summed E-state index contributed by atoms with van der Waals surface area (Å²) in [5.41, 5.74) is 1.38. The van der Waals surface area contributed by atoms with Crippen LogP contribution in [0.25, 0.3) is 0 Å². The summed E-state index contributed by atoms with van der Waals surface area (Å²) in [4.78, 5) is 24.0. The summed E-state index contributed by atoms with van der Waals surface area (Å²) in [5, 5.41) is 5.23. The molecule has 0 aliphatic carbocycles. The van der Waals surface area contributed by atoms with Crippen LogP contribution in [-0.2, 0) is 9.53 Å². The fourth-order valence-corrected chi connectivity index (χ4v) is 2.42. The maximum absolute atomic E-state index is 13.1. The van der Waals surface area contributed by atoms with Crippen molar-refractivity contribution in [1.82, 2.24) is 10.6 Å². The predicted molar refractivity (Wildman–Crippen MR) is 82.8 cm³/mol. The molecular formula is C15H17FN2O3S. The molecule has 1 aromatic rings. The first kappa shape index (κ1) is 16.4. The Bertz CT molecular complexity index is 601. The Kier molecular flexibility index (Phi) is 5.43. The van der Waals surface area contributed by atoms with Crippen molar-refractivity contribution in [3.63, 3.8) is 0 Å². The Labute approximate surface area is 132 Å². The van der Waals surface area contributed by atoms with Gasteiger partial charge in [-0.15, -0.1) is 0 Å². The monoisotopic (exact) mass is 324 g/mol. The third-order valence-corrected chi connectivity index (χ3v) is 3.79. The topological polar surface area (TPSA) is 67.4 Å². The number of nitrogens with one attached hydrogen (secondary N) is 2. The molecule has 1 atom stereocenters. The van der Waals surface area contributed by atoms with Crippen molar-refractivity contribution in [3.05, 3.63) is 46.9 Å². The van der Waals surface area contributed by atoms with Gasteiger partial charge in [0.25, 0.3) is 0 Å². The van der Waals surface area contributed by atoms with E-state index in [9.17, 15) is 14.0 Å². The molecule has 1 unspecified atom stereocenters. The van der Waals surface area contributed by atoms with Gasteiger partial charge in [-0.05, 0) is 30.9 Å². The molecule has 0 spiro atoms. The van der Waals surface area contributed by atoms with Crippen molar-refractivity contribution in [2.75, 3.05) is 18.6 Å². The molecule has 2 amide bonds. The van der Waals surface area contributed by atoms with Crippen LogP contribution in [0, 0.1) is 5.82 Å². The van der Waals surface area contributed by atoms with Crippen molar-refractivity contribution in [2.24, 2.45) is 0 Å². The lowest BCUT2D eigenvalue weighted by atomic mass is 9.95. The molecule has 5 nitrogen and oxygen atoms in total. The SMILES string of the molecule is CSCCOC(=O)C1=C(C)NC(=O)NC1c1ccc(F)cc1. The first-order valence-corrected chi connectivity index (χ1v) is 8.12. The van der Waals surface area contributed by atoms with Crippen LogP contribution in [0.5, 0.6) is 0 Å². The third-order valence-electron chi connectivity index (χ3n) is 3.21. The van der Waals surface area contributed by atoms with E-state index < -0.39 is 18.0 Å². The standard InChI is InChI=1S/C15H17FN2O3S/c1-9-12(14(19)21-7-8-22-2)13(18-15(20)17-9)10-3-5-11(16)6-4-10/h3-6,13H,7-8H2,1-2H3,(H2,17,18,20). The number of carbonyl (C=O) groups excluding carboxylic acids is 2. The van der Waals surface area contributed by atoms with Gasteiger partial charge in [-0.1, -0.05) is 12.1 Å². The summed E-state index contributed by atoms with van der Waals surface area (Å²) in [5.74, 6) is -0.179. The number of esters is 1. The molecule has 0 fully saturated rings. The minimum atomic E-state index is -0.656. The minimum Gasteiger partial charge on any atom is -0.461 e. The van der Waals surface area contributed by atoms with E-state index in [4.69, 9.17) is 4.74 Å². The zero-order valence-corrected chi connectivity index (χ0v) is 13.1. The number of rotatable bonds is 5. The quantitative estimate of drug-likeness (QED) is 0.644. The number of carbonyl (C=O) groups is 2. The normalized spacial score (nSPS) is 17.8. The van der Waals surface area contributed by atoms with Gasteiger partial charge in [-0.3, -0.25) is 0 Å². The van der Waals surface area contributed by atoms with E-state index in [0.29, 0.717) is 29.2 Å². The molecular weight excluding hydrogens is 307 g/mol. The summed E-state index contributed by atoms with van der Waals surface area (Å²) in [6, 6.07) is 4.58. The zero-order chi connectivity index (χ0) is 16.1. The number of thioether (sulfide) groups is 1. The fraction of sp³-hybridized carbons (Fsp3) is 0.333. The molecule has 1 aromatic carbocycles. The lowest BCUT2D eigenvalue weighted by molar-refractivity contribution is -0.138. The van der Waals surface area contributed by atoms with Crippen LogP contribution in [0.1, 0.15) is 18.5 Å². The first-order valence-electron chi connectivity index (χ1n) is 6.72. The Morgan fingerprint density at radius 2 is 2.05 bits per heavy atom. The summed E-state index contributed by atoms with van der Waals surface area (Å²) in [6.07, 6.45) is 1.92. The molecule has 0 saturated carbocycles. The van der Waals surface area contributed by atoms with Gasteiger partial charge in [0.2, 0.25) is 0 Å². The highest BCUT2D eigenvalue weighted by molar-refractivity contribution is 7.98. The van der Waals surface area contributed by atoms with Gasteiger partial charge in [0.1, 0.15) is 12.4 Å². The van der Waals surface area contributed by atoms with Crippen LogP contribution in [0.15, 0.2) is 35.5 Å². The number of amides is 2. The van der Waals surface area contributed by atoms with E-state index in [1.807, 2.05) is 6.26 Å². The molecule has 0 bridgehead atoms. The second kappa shape index (κ2) is 7.31. The van der Waals surface area contributed by atoms with Gasteiger partial charge in [0.15, 0.2) is 0 Å². The smallest absolute Gasteiger partial charge is 0.338 e. The highest BCUT2D eigenvalue weighted by atomic mass is 32.2. The number of allylic oxidation sites excluding steroid dienone is 1. The Morgan fingerprint density at radius 3 is 2.68 bits per heavy atom. The minimum absolute atomic E-state index is 0.293. The maximum Gasteiger partial charge on any atom is 0.338 e. The second-order valence-corrected chi connectivity index (χ2v) is 5.74. The lowest BCUT2D eigenvalue weighted by Crippen LogP contribution is -2.45. The first-order chi connectivity index (χ1) is 10.5. The Balaban J connectivity index is 2.28. The van der Waals surface area contributed by atoms with E-state index in [0.717, 1.165) is 0 Å². The zero-order valence-electron chi connectivity index (χ0n) is 12.3. The van der Waals surface area contributed by atoms with Crippen LogP contribution in [0.3, 0.4) is 0 Å². The van der Waals surface area contributed by atoms with E-state index >= 15 is 0 Å². The van der Waals surface area contributed by atoms with E-state index in [1.54, 1.807) is 18.7 Å². The lowest BCUT2D eigenvalue weighted by Gasteiger charge is -2.28. The van der Waals surface area contributed by atoms with E-state index in [-0.39, 0.29) is 5.82 Å². The Hall–Kier alpha value is -2.02. The maximum atomic E-state index is 13.1. The number of ether oxygens (including phenoxy) is 1. The highest BCUT2D eigenvalue weighted by Crippen LogP contribution is 2.27. The summed E-state index contributed by atoms with van der Waals surface area (Å²) >= 11 is 1.57. The molecule has 7 heteroatoms. The van der Waals surface area contributed by atoms with Gasteiger partial charge in [-0.2, -0.15) is 11.8 Å². The van der Waals surface area contributed by atoms with Crippen molar-refractivity contribution in [1.29, 1.82) is 0 Å². The van der Waals surface area contributed by atoms with E-state index in [1.165, 1.54) is 24.3 Å². The van der Waals surface area contributed by atoms with Gasteiger partial charge in [0, 0.05) is 11.4 Å². The van der Waals surface area contributed by atoms with Gasteiger partial charge < -0.3 is 15.4 Å². The highest BCUT2D eigenvalue weighted by Gasteiger charge is 2.32.